The van der Waals surface area contributed by atoms with E-state index < -0.39 is 10.2 Å². The van der Waals surface area contributed by atoms with Crippen LogP contribution in [-0.4, -0.2) is 49.9 Å². The third-order valence-electron chi connectivity index (χ3n) is 5.18. The van der Waals surface area contributed by atoms with Crippen molar-refractivity contribution in [2.24, 2.45) is 11.8 Å². The van der Waals surface area contributed by atoms with Gasteiger partial charge in [0, 0.05) is 32.6 Å². The van der Waals surface area contributed by atoms with E-state index in [2.05, 4.69) is 20.0 Å². The molecule has 1 aromatic heterocycles. The number of nitrogens with two attached hydrogens (primary N) is 1. The lowest BCUT2D eigenvalue weighted by Crippen LogP contribution is -2.39. The SMILES string of the molecule is CN(C)S(=O)(=O)NCC1CCC(CNc2nc(N)c3ccccc3n2)CC1. The molecule has 1 aromatic carbocycles. The third kappa shape index (κ3) is 5.06. The lowest BCUT2D eigenvalue weighted by Gasteiger charge is -2.29. The summed E-state index contributed by atoms with van der Waals surface area (Å²) in [5.41, 5.74) is 6.86. The summed E-state index contributed by atoms with van der Waals surface area (Å²) < 4.78 is 27.5. The van der Waals surface area contributed by atoms with Gasteiger partial charge in [-0.3, -0.25) is 0 Å². The first-order chi connectivity index (χ1) is 12.8. The normalized spacial score (nSPS) is 20.9. The van der Waals surface area contributed by atoms with Crippen molar-refractivity contribution in [1.82, 2.24) is 19.0 Å². The van der Waals surface area contributed by atoms with E-state index >= 15 is 0 Å². The van der Waals surface area contributed by atoms with Crippen LogP contribution >= 0.6 is 0 Å². The van der Waals surface area contributed by atoms with Crippen molar-refractivity contribution in [3.63, 3.8) is 0 Å². The highest BCUT2D eigenvalue weighted by Gasteiger charge is 2.23. The summed E-state index contributed by atoms with van der Waals surface area (Å²) in [7, 11) is -0.268. The van der Waals surface area contributed by atoms with E-state index in [1.54, 1.807) is 0 Å². The molecule has 3 rings (SSSR count). The van der Waals surface area contributed by atoms with Crippen LogP contribution < -0.4 is 15.8 Å². The van der Waals surface area contributed by atoms with Gasteiger partial charge in [-0.15, -0.1) is 0 Å². The maximum Gasteiger partial charge on any atom is 0.278 e. The van der Waals surface area contributed by atoms with Gasteiger partial charge < -0.3 is 11.1 Å². The summed E-state index contributed by atoms with van der Waals surface area (Å²) >= 11 is 0. The van der Waals surface area contributed by atoms with Crippen LogP contribution in [-0.2, 0) is 10.2 Å². The highest BCUT2D eigenvalue weighted by Crippen LogP contribution is 2.29. The molecule has 0 radical (unpaired) electrons. The molecule has 1 aliphatic rings. The van der Waals surface area contributed by atoms with Crippen molar-refractivity contribution in [3.8, 4) is 0 Å². The Morgan fingerprint density at radius 2 is 1.70 bits per heavy atom. The molecule has 1 saturated carbocycles. The summed E-state index contributed by atoms with van der Waals surface area (Å²) in [5.74, 6) is 1.97. The lowest BCUT2D eigenvalue weighted by molar-refractivity contribution is 0.283. The molecule has 0 saturated heterocycles. The van der Waals surface area contributed by atoms with Crippen molar-refractivity contribution in [1.29, 1.82) is 0 Å². The van der Waals surface area contributed by atoms with Gasteiger partial charge in [0.2, 0.25) is 5.95 Å². The first-order valence-electron chi connectivity index (χ1n) is 9.28. The Kier molecular flexibility index (Phi) is 6.13. The fraction of sp³-hybridized carbons (Fsp3) is 0.556. The Bertz CT molecular complexity index is 879. The smallest absolute Gasteiger partial charge is 0.278 e. The minimum Gasteiger partial charge on any atom is -0.383 e. The maximum atomic E-state index is 11.8. The molecule has 2 aromatic rings. The number of benzene rings is 1. The topological polar surface area (TPSA) is 113 Å². The monoisotopic (exact) mass is 392 g/mol. The Morgan fingerprint density at radius 1 is 1.07 bits per heavy atom. The molecule has 0 unspecified atom stereocenters. The number of nitrogens with one attached hydrogen (secondary N) is 2. The number of rotatable bonds is 7. The quantitative estimate of drug-likeness (QED) is 0.662. The molecular formula is C18H28N6O2S. The van der Waals surface area contributed by atoms with Gasteiger partial charge in [-0.05, 0) is 49.7 Å². The van der Waals surface area contributed by atoms with E-state index in [4.69, 9.17) is 5.73 Å². The molecule has 0 aliphatic heterocycles. The predicted octanol–water partition coefficient (Wildman–Crippen LogP) is 1.83. The largest absolute Gasteiger partial charge is 0.383 e. The molecule has 4 N–H and O–H groups in total. The number of hydrogen-bond acceptors (Lipinski definition) is 6. The molecule has 27 heavy (non-hydrogen) atoms. The van der Waals surface area contributed by atoms with Crippen LogP contribution in [0.3, 0.4) is 0 Å². The maximum absolute atomic E-state index is 11.8. The van der Waals surface area contributed by atoms with Crippen molar-refractivity contribution in [2.75, 3.05) is 38.2 Å². The van der Waals surface area contributed by atoms with Crippen molar-refractivity contribution in [2.45, 2.75) is 25.7 Å². The fourth-order valence-corrected chi connectivity index (χ4v) is 4.11. The first kappa shape index (κ1) is 19.8. The molecule has 0 bridgehead atoms. The standard InChI is InChI=1S/C18H28N6O2S/c1-24(2)27(25,26)21-12-14-9-7-13(8-10-14)11-20-18-22-16-6-4-3-5-15(16)17(19)23-18/h3-6,13-14,21H,7-12H2,1-2H3,(H3,19,20,22,23). The average Bonchev–Trinajstić information content (AvgIpc) is 2.65. The molecule has 0 spiro atoms. The second-order valence-electron chi connectivity index (χ2n) is 7.35. The molecule has 1 aliphatic carbocycles. The Balaban J connectivity index is 1.47. The number of anilines is 2. The molecule has 0 amide bonds. The molecular weight excluding hydrogens is 364 g/mol. The molecule has 0 atom stereocenters. The van der Waals surface area contributed by atoms with E-state index in [0.29, 0.717) is 30.1 Å². The molecule has 1 heterocycles. The van der Waals surface area contributed by atoms with Crippen LogP contribution in [0.2, 0.25) is 0 Å². The number of nitrogens with zero attached hydrogens (tertiary/aromatic N) is 3. The minimum atomic E-state index is -3.34. The molecule has 1 fully saturated rings. The third-order valence-corrected chi connectivity index (χ3v) is 6.68. The minimum absolute atomic E-state index is 0.392. The number of nitrogen functional groups attached to an aromatic ring is 1. The Labute approximate surface area is 160 Å². The first-order valence-corrected chi connectivity index (χ1v) is 10.7. The van der Waals surface area contributed by atoms with Gasteiger partial charge in [-0.2, -0.15) is 17.7 Å². The second-order valence-corrected chi connectivity index (χ2v) is 9.32. The zero-order valence-corrected chi connectivity index (χ0v) is 16.7. The van der Waals surface area contributed by atoms with Crippen LogP contribution in [0, 0.1) is 11.8 Å². The van der Waals surface area contributed by atoms with Crippen molar-refractivity contribution in [3.05, 3.63) is 24.3 Å². The summed E-state index contributed by atoms with van der Waals surface area (Å²) in [5, 5.41) is 4.18. The van der Waals surface area contributed by atoms with E-state index in [-0.39, 0.29) is 0 Å². The van der Waals surface area contributed by atoms with Gasteiger partial charge in [-0.1, -0.05) is 12.1 Å². The van der Waals surface area contributed by atoms with E-state index in [1.807, 2.05) is 24.3 Å². The van der Waals surface area contributed by atoms with Crippen LogP contribution in [0.4, 0.5) is 11.8 Å². The number of aromatic nitrogens is 2. The van der Waals surface area contributed by atoms with Gasteiger partial charge in [0.25, 0.3) is 10.2 Å². The van der Waals surface area contributed by atoms with Crippen molar-refractivity contribution >= 4 is 32.9 Å². The van der Waals surface area contributed by atoms with Gasteiger partial charge in [0.15, 0.2) is 0 Å². The second kappa shape index (κ2) is 8.37. The van der Waals surface area contributed by atoms with Gasteiger partial charge in [-0.25, -0.2) is 9.71 Å². The average molecular weight is 393 g/mol. The highest BCUT2D eigenvalue weighted by molar-refractivity contribution is 7.87. The Morgan fingerprint density at radius 3 is 2.37 bits per heavy atom. The molecule has 8 nitrogen and oxygen atoms in total. The van der Waals surface area contributed by atoms with E-state index in [9.17, 15) is 8.42 Å². The zero-order chi connectivity index (χ0) is 19.4. The predicted molar refractivity (Wildman–Crippen MR) is 108 cm³/mol. The van der Waals surface area contributed by atoms with Crippen LogP contribution in [0.25, 0.3) is 10.9 Å². The summed E-state index contributed by atoms with van der Waals surface area (Å²) in [6, 6.07) is 7.70. The molecule has 9 heteroatoms. The summed E-state index contributed by atoms with van der Waals surface area (Å²) in [6.07, 6.45) is 4.15. The van der Waals surface area contributed by atoms with Gasteiger partial charge in [0.1, 0.15) is 5.82 Å². The van der Waals surface area contributed by atoms with Gasteiger partial charge in [0.05, 0.1) is 5.52 Å². The lowest BCUT2D eigenvalue weighted by atomic mass is 9.82. The van der Waals surface area contributed by atoms with E-state index in [1.165, 1.54) is 18.4 Å². The summed E-state index contributed by atoms with van der Waals surface area (Å²) in [6.45, 7) is 1.30. The fourth-order valence-electron chi connectivity index (χ4n) is 3.41. The Hall–Kier alpha value is -1.97. The van der Waals surface area contributed by atoms with Crippen LogP contribution in [0.15, 0.2) is 24.3 Å². The molecule has 148 valence electrons. The van der Waals surface area contributed by atoms with E-state index in [0.717, 1.165) is 43.1 Å². The van der Waals surface area contributed by atoms with Crippen molar-refractivity contribution < 1.29 is 8.42 Å². The zero-order valence-electron chi connectivity index (χ0n) is 15.9. The van der Waals surface area contributed by atoms with Crippen LogP contribution in [0.5, 0.6) is 0 Å². The number of fused-ring (bicyclic) bond motifs is 1. The van der Waals surface area contributed by atoms with Crippen LogP contribution in [0.1, 0.15) is 25.7 Å². The van der Waals surface area contributed by atoms with Gasteiger partial charge >= 0.3 is 0 Å². The highest BCUT2D eigenvalue weighted by atomic mass is 32.2. The number of para-hydroxylation sites is 1. The number of hydrogen-bond donors (Lipinski definition) is 3. The summed E-state index contributed by atoms with van der Waals surface area (Å²) in [4.78, 5) is 8.87.